The Morgan fingerprint density at radius 1 is 1.54 bits per heavy atom. The van der Waals surface area contributed by atoms with Crippen LogP contribution >= 0.6 is 0 Å². The molecule has 0 saturated heterocycles. The molecule has 0 bridgehead atoms. The second-order valence-corrected chi connectivity index (χ2v) is 2.73. The van der Waals surface area contributed by atoms with Crippen LogP contribution in [0.3, 0.4) is 0 Å². The summed E-state index contributed by atoms with van der Waals surface area (Å²) in [6.07, 6.45) is 1.29. The Kier molecular flexibility index (Phi) is 1.51. The molecule has 0 atom stereocenters. The molecule has 0 aliphatic carbocycles. The Morgan fingerprint density at radius 2 is 2.31 bits per heavy atom. The van der Waals surface area contributed by atoms with E-state index in [1.54, 1.807) is 19.0 Å². The van der Waals surface area contributed by atoms with E-state index in [1.807, 2.05) is 0 Å². The molecule has 13 heavy (non-hydrogen) atoms. The first kappa shape index (κ1) is 7.71. The van der Waals surface area contributed by atoms with Crippen LogP contribution in [-0.4, -0.2) is 38.7 Å². The van der Waals surface area contributed by atoms with Crippen molar-refractivity contribution in [1.82, 2.24) is 24.6 Å². The van der Waals surface area contributed by atoms with Gasteiger partial charge in [-0.05, 0) is 0 Å². The Balaban J connectivity index is 2.77. The van der Waals surface area contributed by atoms with Gasteiger partial charge in [0.15, 0.2) is 0 Å². The van der Waals surface area contributed by atoms with E-state index in [2.05, 4.69) is 20.1 Å². The molecule has 2 aromatic rings. The molecular weight excluding hydrogens is 172 g/mol. The molecule has 0 fully saturated rings. The minimum absolute atomic E-state index is 0.299. The van der Waals surface area contributed by atoms with E-state index >= 15 is 0 Å². The van der Waals surface area contributed by atoms with Gasteiger partial charge in [0.1, 0.15) is 6.33 Å². The summed E-state index contributed by atoms with van der Waals surface area (Å²) in [5.74, 6) is 0.762. The summed E-state index contributed by atoms with van der Waals surface area (Å²) in [7, 11) is 3.57. The maximum Gasteiger partial charge on any atom is 0.352 e. The highest BCUT2D eigenvalue weighted by Gasteiger charge is 2.04. The van der Waals surface area contributed by atoms with Gasteiger partial charge in [-0.15, -0.1) is 9.61 Å². The number of hydrogen-bond donors (Lipinski definition) is 1. The predicted octanol–water partition coefficient (Wildman–Crippen LogP) is -1.12. The maximum absolute atomic E-state index is 11.3. The summed E-state index contributed by atoms with van der Waals surface area (Å²) in [6.45, 7) is 0. The van der Waals surface area contributed by atoms with Crippen molar-refractivity contribution >= 4 is 11.7 Å². The van der Waals surface area contributed by atoms with Gasteiger partial charge in [0.2, 0.25) is 5.95 Å². The molecule has 68 valence electrons. The monoisotopic (exact) mass is 180 g/mol. The van der Waals surface area contributed by atoms with Crippen LogP contribution in [0.2, 0.25) is 0 Å². The van der Waals surface area contributed by atoms with Crippen molar-refractivity contribution in [3.05, 3.63) is 16.8 Å². The van der Waals surface area contributed by atoms with Gasteiger partial charge < -0.3 is 4.90 Å². The van der Waals surface area contributed by atoms with Crippen LogP contribution in [0.15, 0.2) is 11.1 Å². The number of hydrogen-bond acceptors (Lipinski definition) is 5. The molecule has 7 heteroatoms. The first-order chi connectivity index (χ1) is 6.18. The van der Waals surface area contributed by atoms with Gasteiger partial charge in [-0.1, -0.05) is 0 Å². The van der Waals surface area contributed by atoms with E-state index in [9.17, 15) is 4.79 Å². The third kappa shape index (κ3) is 1.13. The highest BCUT2D eigenvalue weighted by atomic mass is 16.1. The fourth-order valence-corrected chi connectivity index (χ4v) is 0.938. The van der Waals surface area contributed by atoms with Crippen LogP contribution < -0.4 is 10.6 Å². The van der Waals surface area contributed by atoms with Crippen LogP contribution in [0.25, 0.3) is 5.78 Å². The maximum atomic E-state index is 11.3. The lowest BCUT2D eigenvalue weighted by atomic mass is 10.8. The van der Waals surface area contributed by atoms with Crippen molar-refractivity contribution in [2.24, 2.45) is 0 Å². The zero-order valence-electron chi connectivity index (χ0n) is 7.22. The third-order valence-electron chi connectivity index (χ3n) is 1.57. The molecule has 0 aromatic carbocycles. The standard InChI is InChI=1S/C6H8N6O/c1-11(2)5-9-4-7-3-8-12(4)6(13)10-5/h3H,1-2H3,(H,7,8,9,10,13). The second kappa shape index (κ2) is 2.54. The molecule has 1 N–H and O–H groups in total. The molecule has 0 radical (unpaired) electrons. The van der Waals surface area contributed by atoms with Crippen LogP contribution in [0.1, 0.15) is 0 Å². The van der Waals surface area contributed by atoms with Gasteiger partial charge in [-0.25, -0.2) is 4.79 Å². The Hall–Kier alpha value is -1.92. The van der Waals surface area contributed by atoms with Crippen molar-refractivity contribution < 1.29 is 0 Å². The lowest BCUT2D eigenvalue weighted by molar-refractivity contribution is 0.825. The highest BCUT2D eigenvalue weighted by Crippen LogP contribution is 1.98. The summed E-state index contributed by atoms with van der Waals surface area (Å²) in [6, 6.07) is 0. The molecule has 2 heterocycles. The van der Waals surface area contributed by atoms with Gasteiger partial charge in [0, 0.05) is 14.1 Å². The number of aromatic amines is 1. The van der Waals surface area contributed by atoms with Crippen LogP contribution in [0.5, 0.6) is 0 Å². The quantitative estimate of drug-likeness (QED) is 0.601. The fourth-order valence-electron chi connectivity index (χ4n) is 0.938. The largest absolute Gasteiger partial charge is 0.352 e. The van der Waals surface area contributed by atoms with Crippen molar-refractivity contribution in [3.63, 3.8) is 0 Å². The van der Waals surface area contributed by atoms with Crippen LogP contribution in [0, 0.1) is 0 Å². The van der Waals surface area contributed by atoms with E-state index in [0.717, 1.165) is 4.52 Å². The van der Waals surface area contributed by atoms with E-state index in [0.29, 0.717) is 11.7 Å². The number of aromatic nitrogens is 5. The van der Waals surface area contributed by atoms with Gasteiger partial charge in [0.25, 0.3) is 5.78 Å². The summed E-state index contributed by atoms with van der Waals surface area (Å²) in [5, 5.41) is 3.70. The molecule has 0 amide bonds. The molecule has 2 aromatic heterocycles. The van der Waals surface area contributed by atoms with Crippen molar-refractivity contribution in [1.29, 1.82) is 0 Å². The number of fused-ring (bicyclic) bond motifs is 1. The first-order valence-electron chi connectivity index (χ1n) is 3.66. The average Bonchev–Trinajstić information content (AvgIpc) is 2.51. The molecule has 2 rings (SSSR count). The minimum atomic E-state index is -0.341. The number of nitrogens with one attached hydrogen (secondary N) is 1. The smallest absolute Gasteiger partial charge is 0.348 e. The lowest BCUT2D eigenvalue weighted by Gasteiger charge is -2.08. The van der Waals surface area contributed by atoms with E-state index in [4.69, 9.17) is 0 Å². The predicted molar refractivity (Wildman–Crippen MR) is 45.7 cm³/mol. The molecule has 0 unspecified atom stereocenters. The van der Waals surface area contributed by atoms with Gasteiger partial charge in [-0.2, -0.15) is 9.97 Å². The average molecular weight is 180 g/mol. The fraction of sp³-hybridized carbons (Fsp3) is 0.333. The molecule has 0 aliphatic rings. The van der Waals surface area contributed by atoms with Crippen LogP contribution in [0.4, 0.5) is 5.95 Å². The summed E-state index contributed by atoms with van der Waals surface area (Å²) in [5.41, 5.74) is -0.341. The van der Waals surface area contributed by atoms with E-state index < -0.39 is 0 Å². The Labute approximate surface area is 73.0 Å². The molecule has 0 spiro atoms. The molecular formula is C6H8N6O. The summed E-state index contributed by atoms with van der Waals surface area (Å²) < 4.78 is 1.10. The van der Waals surface area contributed by atoms with E-state index in [1.165, 1.54) is 6.33 Å². The van der Waals surface area contributed by atoms with Gasteiger partial charge >= 0.3 is 5.69 Å². The first-order valence-corrected chi connectivity index (χ1v) is 3.66. The van der Waals surface area contributed by atoms with Crippen molar-refractivity contribution in [3.8, 4) is 0 Å². The number of rotatable bonds is 1. The number of anilines is 1. The molecule has 0 saturated carbocycles. The number of H-pyrrole nitrogens is 1. The summed E-state index contributed by atoms with van der Waals surface area (Å²) in [4.78, 5) is 23.4. The topological polar surface area (TPSA) is 79.2 Å². The van der Waals surface area contributed by atoms with Crippen molar-refractivity contribution in [2.45, 2.75) is 0 Å². The Morgan fingerprint density at radius 3 is 3.00 bits per heavy atom. The summed E-state index contributed by atoms with van der Waals surface area (Å²) >= 11 is 0. The van der Waals surface area contributed by atoms with Gasteiger partial charge in [-0.3, -0.25) is 4.98 Å². The van der Waals surface area contributed by atoms with Crippen molar-refractivity contribution in [2.75, 3.05) is 19.0 Å². The highest BCUT2D eigenvalue weighted by molar-refractivity contribution is 5.34. The van der Waals surface area contributed by atoms with E-state index in [-0.39, 0.29) is 5.69 Å². The Bertz CT molecular complexity index is 483. The third-order valence-corrected chi connectivity index (χ3v) is 1.57. The normalized spacial score (nSPS) is 10.6. The molecule has 7 nitrogen and oxygen atoms in total. The molecule has 0 aliphatic heterocycles. The number of nitrogens with zero attached hydrogens (tertiary/aromatic N) is 5. The SMILES string of the molecule is CN(C)c1nc2ncnn2c(=O)[nH]1. The van der Waals surface area contributed by atoms with Crippen LogP contribution in [-0.2, 0) is 0 Å². The van der Waals surface area contributed by atoms with Gasteiger partial charge in [0.05, 0.1) is 0 Å². The second-order valence-electron chi connectivity index (χ2n) is 2.73. The zero-order chi connectivity index (χ0) is 9.42. The zero-order valence-corrected chi connectivity index (χ0v) is 7.22. The lowest BCUT2D eigenvalue weighted by Crippen LogP contribution is -2.24. The minimum Gasteiger partial charge on any atom is -0.348 e.